The molecule has 0 aromatic heterocycles. The van der Waals surface area contributed by atoms with Crippen LogP contribution in [0.3, 0.4) is 0 Å². The summed E-state index contributed by atoms with van der Waals surface area (Å²) >= 11 is 0. The fourth-order valence-corrected chi connectivity index (χ4v) is 4.84. The van der Waals surface area contributed by atoms with Crippen LogP contribution in [0.2, 0.25) is 0 Å². The molecular formula is C26H26N2O3S. The number of rotatable bonds is 6. The molecule has 6 heteroatoms. The summed E-state index contributed by atoms with van der Waals surface area (Å²) in [4.78, 5) is 15.1. The Hall–Kier alpha value is -3.22. The number of nitrogens with one attached hydrogen (secondary N) is 1. The monoisotopic (exact) mass is 446 g/mol. The third kappa shape index (κ3) is 4.98. The Morgan fingerprint density at radius 3 is 2.31 bits per heavy atom. The Kier molecular flexibility index (Phi) is 6.53. The summed E-state index contributed by atoms with van der Waals surface area (Å²) in [5.41, 5.74) is 4.45. The minimum absolute atomic E-state index is 0.0971. The van der Waals surface area contributed by atoms with E-state index in [0.717, 1.165) is 17.5 Å². The summed E-state index contributed by atoms with van der Waals surface area (Å²) in [5.74, 6) is -0.147. The highest BCUT2D eigenvalue weighted by molar-refractivity contribution is 7.89. The van der Waals surface area contributed by atoms with E-state index in [4.69, 9.17) is 0 Å². The molecule has 0 spiro atoms. The van der Waals surface area contributed by atoms with Crippen LogP contribution >= 0.6 is 0 Å². The average Bonchev–Trinajstić information content (AvgIpc) is 2.84. The van der Waals surface area contributed by atoms with Gasteiger partial charge in [0.25, 0.3) is 5.91 Å². The Morgan fingerprint density at radius 2 is 1.66 bits per heavy atom. The van der Waals surface area contributed by atoms with Gasteiger partial charge >= 0.3 is 0 Å². The maximum absolute atomic E-state index is 13.2. The first-order valence-corrected chi connectivity index (χ1v) is 12.1. The quantitative estimate of drug-likeness (QED) is 0.610. The highest BCUT2D eigenvalue weighted by Crippen LogP contribution is 2.24. The van der Waals surface area contributed by atoms with E-state index in [0.29, 0.717) is 18.7 Å². The van der Waals surface area contributed by atoms with Crippen molar-refractivity contribution in [2.24, 2.45) is 0 Å². The van der Waals surface area contributed by atoms with Gasteiger partial charge in [0.2, 0.25) is 10.0 Å². The number of benzene rings is 3. The molecule has 3 aromatic rings. The minimum Gasteiger partial charge on any atom is -0.335 e. The van der Waals surface area contributed by atoms with E-state index in [1.807, 2.05) is 55.5 Å². The maximum atomic E-state index is 13.2. The summed E-state index contributed by atoms with van der Waals surface area (Å²) in [6.07, 6.45) is 2.85. The zero-order valence-electron chi connectivity index (χ0n) is 18.0. The normalized spacial score (nSPS) is 14.2. The van der Waals surface area contributed by atoms with Gasteiger partial charge in [-0.3, -0.25) is 4.79 Å². The zero-order chi connectivity index (χ0) is 22.6. The molecule has 164 valence electrons. The molecule has 0 bridgehead atoms. The van der Waals surface area contributed by atoms with Crippen LogP contribution in [0.1, 0.15) is 33.5 Å². The number of carbonyl (C=O) groups is 1. The first kappa shape index (κ1) is 22.0. The number of carbonyl (C=O) groups excluding carboxylic acids is 1. The van der Waals surface area contributed by atoms with Crippen molar-refractivity contribution in [1.82, 2.24) is 9.62 Å². The van der Waals surface area contributed by atoms with E-state index in [-0.39, 0.29) is 17.3 Å². The van der Waals surface area contributed by atoms with Crippen LogP contribution in [0.25, 0.3) is 5.57 Å². The van der Waals surface area contributed by atoms with Crippen LogP contribution in [0.5, 0.6) is 0 Å². The zero-order valence-corrected chi connectivity index (χ0v) is 18.8. The lowest BCUT2D eigenvalue weighted by Gasteiger charge is -2.27. The van der Waals surface area contributed by atoms with Gasteiger partial charge in [0.05, 0.1) is 4.90 Å². The molecule has 0 saturated heterocycles. The molecule has 1 aliphatic rings. The van der Waals surface area contributed by atoms with Crippen molar-refractivity contribution >= 4 is 21.5 Å². The lowest BCUT2D eigenvalue weighted by molar-refractivity contribution is 0.0772. The van der Waals surface area contributed by atoms with Gasteiger partial charge in [-0.2, -0.15) is 0 Å². The predicted octanol–water partition coefficient (Wildman–Crippen LogP) is 4.40. The van der Waals surface area contributed by atoms with E-state index < -0.39 is 10.0 Å². The van der Waals surface area contributed by atoms with Crippen LogP contribution in [0.4, 0.5) is 0 Å². The van der Waals surface area contributed by atoms with Crippen LogP contribution in [0, 0.1) is 6.92 Å². The SMILES string of the molecule is Cc1ccc(S(=O)(=O)NCc2ccccc2)cc1C(=O)N1CC=C(c2ccccc2)CC1. The molecule has 0 saturated carbocycles. The van der Waals surface area contributed by atoms with Crippen molar-refractivity contribution in [3.8, 4) is 0 Å². The van der Waals surface area contributed by atoms with Gasteiger partial charge < -0.3 is 4.90 Å². The van der Waals surface area contributed by atoms with Crippen molar-refractivity contribution in [2.45, 2.75) is 24.8 Å². The van der Waals surface area contributed by atoms with Gasteiger partial charge in [-0.25, -0.2) is 13.1 Å². The predicted molar refractivity (Wildman–Crippen MR) is 127 cm³/mol. The van der Waals surface area contributed by atoms with Crippen LogP contribution in [-0.2, 0) is 16.6 Å². The molecule has 1 heterocycles. The molecule has 0 fully saturated rings. The van der Waals surface area contributed by atoms with E-state index in [1.54, 1.807) is 17.0 Å². The standard InChI is InChI=1S/C26H26N2O3S/c1-20-12-13-24(32(30,31)27-19-21-8-4-2-5-9-21)18-25(20)26(29)28-16-14-23(15-17-28)22-10-6-3-7-11-22/h2-14,18,27H,15-17,19H2,1H3. The summed E-state index contributed by atoms with van der Waals surface area (Å²) in [5, 5.41) is 0. The van der Waals surface area contributed by atoms with Gasteiger partial charge in [-0.05, 0) is 47.7 Å². The molecule has 5 nitrogen and oxygen atoms in total. The second-order valence-electron chi connectivity index (χ2n) is 7.88. The molecule has 32 heavy (non-hydrogen) atoms. The van der Waals surface area contributed by atoms with Crippen molar-refractivity contribution < 1.29 is 13.2 Å². The van der Waals surface area contributed by atoms with Gasteiger partial charge in [0.15, 0.2) is 0 Å². The lowest BCUT2D eigenvalue weighted by Crippen LogP contribution is -2.35. The number of hydrogen-bond donors (Lipinski definition) is 1. The van der Waals surface area contributed by atoms with Gasteiger partial charge in [-0.1, -0.05) is 72.8 Å². The summed E-state index contributed by atoms with van der Waals surface area (Å²) in [6, 6.07) is 24.2. The summed E-state index contributed by atoms with van der Waals surface area (Å²) in [7, 11) is -3.74. The van der Waals surface area contributed by atoms with E-state index in [9.17, 15) is 13.2 Å². The number of aryl methyl sites for hydroxylation is 1. The van der Waals surface area contributed by atoms with Crippen molar-refractivity contribution in [1.29, 1.82) is 0 Å². The topological polar surface area (TPSA) is 66.5 Å². The fraction of sp³-hybridized carbons (Fsp3) is 0.192. The van der Waals surface area contributed by atoms with E-state index >= 15 is 0 Å². The third-order valence-electron chi connectivity index (χ3n) is 5.70. The first-order chi connectivity index (χ1) is 15.4. The average molecular weight is 447 g/mol. The number of sulfonamides is 1. The van der Waals surface area contributed by atoms with Crippen LogP contribution < -0.4 is 4.72 Å². The van der Waals surface area contributed by atoms with Crippen molar-refractivity contribution in [2.75, 3.05) is 13.1 Å². The smallest absolute Gasteiger partial charge is 0.254 e. The highest BCUT2D eigenvalue weighted by atomic mass is 32.2. The minimum atomic E-state index is -3.74. The molecular weight excluding hydrogens is 420 g/mol. The van der Waals surface area contributed by atoms with Gasteiger partial charge in [0, 0.05) is 25.2 Å². The second-order valence-corrected chi connectivity index (χ2v) is 9.65. The van der Waals surface area contributed by atoms with Crippen LogP contribution in [-0.4, -0.2) is 32.3 Å². The molecule has 0 aliphatic carbocycles. The highest BCUT2D eigenvalue weighted by Gasteiger charge is 2.23. The summed E-state index contributed by atoms with van der Waals surface area (Å²) in [6.45, 7) is 3.13. The fourth-order valence-electron chi connectivity index (χ4n) is 3.79. The third-order valence-corrected chi connectivity index (χ3v) is 7.10. The molecule has 0 atom stereocenters. The van der Waals surface area contributed by atoms with Crippen LogP contribution in [0.15, 0.2) is 89.8 Å². The molecule has 1 N–H and O–H groups in total. The first-order valence-electron chi connectivity index (χ1n) is 10.6. The molecule has 0 radical (unpaired) electrons. The van der Waals surface area contributed by atoms with Gasteiger partial charge in [-0.15, -0.1) is 0 Å². The molecule has 1 amide bonds. The largest absolute Gasteiger partial charge is 0.335 e. The molecule has 4 rings (SSSR count). The lowest BCUT2D eigenvalue weighted by atomic mass is 9.99. The maximum Gasteiger partial charge on any atom is 0.254 e. The number of amides is 1. The Morgan fingerprint density at radius 1 is 0.969 bits per heavy atom. The second kappa shape index (κ2) is 9.51. The van der Waals surface area contributed by atoms with E-state index in [1.165, 1.54) is 17.2 Å². The number of nitrogens with zero attached hydrogens (tertiary/aromatic N) is 1. The van der Waals surface area contributed by atoms with Crippen molar-refractivity contribution in [3.63, 3.8) is 0 Å². The number of hydrogen-bond acceptors (Lipinski definition) is 3. The summed E-state index contributed by atoms with van der Waals surface area (Å²) < 4.78 is 28.3. The van der Waals surface area contributed by atoms with E-state index in [2.05, 4.69) is 22.9 Å². The molecule has 0 unspecified atom stereocenters. The Bertz CT molecular complexity index is 1240. The van der Waals surface area contributed by atoms with Crippen molar-refractivity contribution in [3.05, 3.63) is 107 Å². The Balaban J connectivity index is 1.50. The Labute approximate surface area is 189 Å². The molecule has 3 aromatic carbocycles. The molecule has 1 aliphatic heterocycles. The van der Waals surface area contributed by atoms with Gasteiger partial charge in [0.1, 0.15) is 0 Å².